The number of benzene rings is 2. The Balaban J connectivity index is 1.79. The number of aromatic nitrogens is 3. The Morgan fingerprint density at radius 3 is 2.64 bits per heavy atom. The Hall–Kier alpha value is -3.36. The van der Waals surface area contributed by atoms with Gasteiger partial charge in [-0.25, -0.2) is 9.37 Å². The van der Waals surface area contributed by atoms with E-state index in [-0.39, 0.29) is 5.82 Å². The van der Waals surface area contributed by atoms with Gasteiger partial charge in [-0.1, -0.05) is 11.6 Å². The van der Waals surface area contributed by atoms with Crippen molar-refractivity contribution in [2.75, 3.05) is 0 Å². The van der Waals surface area contributed by atoms with Crippen molar-refractivity contribution in [2.24, 2.45) is 0 Å². The number of allylic oxidation sites excluding steroid dienone is 1. The van der Waals surface area contributed by atoms with E-state index in [4.69, 9.17) is 11.6 Å². The summed E-state index contributed by atoms with van der Waals surface area (Å²) in [7, 11) is 0. The van der Waals surface area contributed by atoms with Crippen molar-refractivity contribution in [3.63, 3.8) is 0 Å². The summed E-state index contributed by atoms with van der Waals surface area (Å²) in [4.78, 5) is 7.44. The SMILES string of the molecule is Cc1cc(/C=C(\C#N)c2nc3ccc(F)cc3[nH]2)c(C)n1-c1ccc(Cl)cc1. The number of aromatic amines is 1. The minimum absolute atomic E-state index is 0.350. The van der Waals surface area contributed by atoms with Gasteiger partial charge in [0, 0.05) is 22.1 Å². The second kappa shape index (κ2) is 6.99. The minimum Gasteiger partial charge on any atom is -0.337 e. The van der Waals surface area contributed by atoms with E-state index in [9.17, 15) is 9.65 Å². The zero-order valence-corrected chi connectivity index (χ0v) is 16.0. The zero-order valence-electron chi connectivity index (χ0n) is 15.3. The maximum Gasteiger partial charge on any atom is 0.149 e. The van der Waals surface area contributed by atoms with Crippen LogP contribution in [-0.2, 0) is 0 Å². The fourth-order valence-corrected chi connectivity index (χ4v) is 3.47. The van der Waals surface area contributed by atoms with Gasteiger partial charge in [0.2, 0.25) is 0 Å². The molecule has 0 amide bonds. The van der Waals surface area contributed by atoms with Crippen LogP contribution >= 0.6 is 11.6 Å². The van der Waals surface area contributed by atoms with Crippen LogP contribution in [0, 0.1) is 31.0 Å². The van der Waals surface area contributed by atoms with E-state index < -0.39 is 0 Å². The molecule has 1 N–H and O–H groups in total. The molecule has 0 saturated carbocycles. The number of aryl methyl sites for hydroxylation is 1. The third-order valence-electron chi connectivity index (χ3n) is 4.67. The monoisotopic (exact) mass is 390 g/mol. The van der Waals surface area contributed by atoms with Crippen LogP contribution in [0.1, 0.15) is 22.8 Å². The fourth-order valence-electron chi connectivity index (χ4n) is 3.34. The summed E-state index contributed by atoms with van der Waals surface area (Å²) in [6.07, 6.45) is 1.79. The van der Waals surface area contributed by atoms with Crippen LogP contribution in [0.5, 0.6) is 0 Å². The molecule has 0 aliphatic heterocycles. The first-order valence-corrected chi connectivity index (χ1v) is 9.06. The summed E-state index contributed by atoms with van der Waals surface area (Å²) in [5, 5.41) is 10.3. The second-order valence-corrected chi connectivity index (χ2v) is 6.99. The molecule has 0 spiro atoms. The summed E-state index contributed by atoms with van der Waals surface area (Å²) < 4.78 is 15.5. The molecule has 4 nitrogen and oxygen atoms in total. The fraction of sp³-hybridized carbons (Fsp3) is 0.0909. The minimum atomic E-state index is -0.350. The highest BCUT2D eigenvalue weighted by Gasteiger charge is 2.13. The highest BCUT2D eigenvalue weighted by Crippen LogP contribution is 2.26. The second-order valence-electron chi connectivity index (χ2n) is 6.55. The molecule has 0 radical (unpaired) electrons. The molecule has 0 bridgehead atoms. The quantitative estimate of drug-likeness (QED) is 0.447. The molecule has 4 rings (SSSR count). The molecular formula is C22H16ClFN4. The number of nitriles is 1. The van der Waals surface area contributed by atoms with Crippen molar-refractivity contribution in [3.05, 3.63) is 82.1 Å². The molecule has 6 heteroatoms. The molecular weight excluding hydrogens is 375 g/mol. The lowest BCUT2D eigenvalue weighted by atomic mass is 10.1. The van der Waals surface area contributed by atoms with Gasteiger partial charge in [0.1, 0.15) is 17.7 Å². The number of H-pyrrole nitrogens is 1. The highest BCUT2D eigenvalue weighted by molar-refractivity contribution is 6.30. The standard InChI is InChI=1S/C22H16ClFN4/c1-13-9-15(14(2)28(13)19-6-3-17(23)4-7-19)10-16(12-25)22-26-20-8-5-18(24)11-21(20)27-22/h3-11H,1-2H3,(H,26,27)/b16-10+. The van der Waals surface area contributed by atoms with E-state index in [0.29, 0.717) is 27.5 Å². The number of hydrogen-bond donors (Lipinski definition) is 1. The van der Waals surface area contributed by atoms with Crippen LogP contribution in [0.25, 0.3) is 28.4 Å². The molecule has 2 aromatic heterocycles. The summed E-state index contributed by atoms with van der Waals surface area (Å²) in [5.41, 5.74) is 5.50. The average molecular weight is 391 g/mol. The lowest BCUT2D eigenvalue weighted by Crippen LogP contribution is -1.98. The lowest BCUT2D eigenvalue weighted by Gasteiger charge is -2.09. The Bertz CT molecular complexity index is 1260. The number of fused-ring (bicyclic) bond motifs is 1. The van der Waals surface area contributed by atoms with Crippen LogP contribution in [0.2, 0.25) is 5.02 Å². The van der Waals surface area contributed by atoms with Crippen LogP contribution in [0.4, 0.5) is 4.39 Å². The molecule has 0 aliphatic rings. The van der Waals surface area contributed by atoms with Crippen molar-refractivity contribution in [2.45, 2.75) is 13.8 Å². The number of nitrogens with one attached hydrogen (secondary N) is 1. The molecule has 4 aromatic rings. The summed E-state index contributed by atoms with van der Waals surface area (Å²) >= 11 is 5.99. The van der Waals surface area contributed by atoms with Crippen molar-refractivity contribution in [1.29, 1.82) is 5.26 Å². The smallest absolute Gasteiger partial charge is 0.149 e. The van der Waals surface area contributed by atoms with E-state index >= 15 is 0 Å². The van der Waals surface area contributed by atoms with Gasteiger partial charge in [-0.15, -0.1) is 0 Å². The number of halogens is 2. The van der Waals surface area contributed by atoms with Crippen LogP contribution in [0.15, 0.2) is 48.5 Å². The normalized spacial score (nSPS) is 11.8. The van der Waals surface area contributed by atoms with E-state index in [2.05, 4.69) is 20.6 Å². The number of imidazole rings is 1. The number of rotatable bonds is 3. The Kier molecular flexibility index (Phi) is 4.50. The third kappa shape index (κ3) is 3.19. The van der Waals surface area contributed by atoms with Gasteiger partial charge in [-0.05, 0) is 74.0 Å². The molecule has 0 aliphatic carbocycles. The lowest BCUT2D eigenvalue weighted by molar-refractivity contribution is 0.629. The van der Waals surface area contributed by atoms with Gasteiger partial charge in [-0.3, -0.25) is 0 Å². The summed E-state index contributed by atoms with van der Waals surface area (Å²) in [6, 6.07) is 16.1. The molecule has 28 heavy (non-hydrogen) atoms. The van der Waals surface area contributed by atoms with Gasteiger partial charge >= 0.3 is 0 Å². The first kappa shape index (κ1) is 18.0. The molecule has 0 atom stereocenters. The molecule has 0 saturated heterocycles. The van der Waals surface area contributed by atoms with Gasteiger partial charge < -0.3 is 9.55 Å². The molecule has 2 aromatic carbocycles. The maximum absolute atomic E-state index is 13.4. The van der Waals surface area contributed by atoms with Gasteiger partial charge in [0.05, 0.1) is 16.6 Å². The van der Waals surface area contributed by atoms with Gasteiger partial charge in [0.15, 0.2) is 0 Å². The Labute approximate surface area is 166 Å². The summed E-state index contributed by atoms with van der Waals surface area (Å²) in [5.74, 6) is 0.0658. The average Bonchev–Trinajstić information content (AvgIpc) is 3.20. The first-order chi connectivity index (χ1) is 13.5. The maximum atomic E-state index is 13.4. The molecule has 138 valence electrons. The van der Waals surface area contributed by atoms with Crippen LogP contribution < -0.4 is 0 Å². The number of nitrogens with zero attached hydrogens (tertiary/aromatic N) is 3. The molecule has 0 unspecified atom stereocenters. The van der Waals surface area contributed by atoms with Crippen molar-refractivity contribution in [1.82, 2.24) is 14.5 Å². The predicted molar refractivity (Wildman–Crippen MR) is 110 cm³/mol. The topological polar surface area (TPSA) is 57.4 Å². The molecule has 0 fully saturated rings. The van der Waals surface area contributed by atoms with Crippen molar-refractivity contribution >= 4 is 34.3 Å². The van der Waals surface area contributed by atoms with E-state index in [1.54, 1.807) is 12.1 Å². The predicted octanol–water partition coefficient (Wildman–Crippen LogP) is 5.83. The van der Waals surface area contributed by atoms with E-state index in [0.717, 1.165) is 22.6 Å². The largest absolute Gasteiger partial charge is 0.337 e. The number of hydrogen-bond acceptors (Lipinski definition) is 2. The van der Waals surface area contributed by atoms with Crippen molar-refractivity contribution in [3.8, 4) is 11.8 Å². The Morgan fingerprint density at radius 1 is 1.18 bits per heavy atom. The van der Waals surface area contributed by atoms with Gasteiger partial charge in [-0.2, -0.15) is 5.26 Å². The Morgan fingerprint density at radius 2 is 1.93 bits per heavy atom. The molecule has 2 heterocycles. The van der Waals surface area contributed by atoms with E-state index in [1.807, 2.05) is 44.2 Å². The summed E-state index contributed by atoms with van der Waals surface area (Å²) in [6.45, 7) is 4.01. The third-order valence-corrected chi connectivity index (χ3v) is 4.93. The van der Waals surface area contributed by atoms with Gasteiger partial charge in [0.25, 0.3) is 0 Å². The van der Waals surface area contributed by atoms with E-state index in [1.165, 1.54) is 12.1 Å². The van der Waals surface area contributed by atoms with Crippen LogP contribution in [-0.4, -0.2) is 14.5 Å². The first-order valence-electron chi connectivity index (χ1n) is 8.68. The van der Waals surface area contributed by atoms with Crippen molar-refractivity contribution < 1.29 is 4.39 Å². The zero-order chi connectivity index (χ0) is 19.8. The highest BCUT2D eigenvalue weighted by atomic mass is 35.5. The van der Waals surface area contributed by atoms with Crippen LogP contribution in [0.3, 0.4) is 0 Å².